The first-order valence-corrected chi connectivity index (χ1v) is 11.4. The number of carbonyl (C=O) groups excluding carboxylic acids is 1. The molecule has 0 saturated heterocycles. The monoisotopic (exact) mass is 370 g/mol. The van der Waals surface area contributed by atoms with E-state index < -0.39 is 0 Å². The third kappa shape index (κ3) is 4.95. The number of benzene rings is 1. The van der Waals surface area contributed by atoms with Gasteiger partial charge in [0.05, 0.1) is 0 Å². The van der Waals surface area contributed by atoms with E-state index in [1.807, 2.05) is 12.1 Å². The minimum atomic E-state index is -0.0958. The lowest BCUT2D eigenvalue weighted by atomic mass is 9.51. The van der Waals surface area contributed by atoms with Crippen LogP contribution in [0.15, 0.2) is 24.3 Å². The zero-order valence-corrected chi connectivity index (χ0v) is 17.5. The van der Waals surface area contributed by atoms with Crippen LogP contribution in [0.5, 0.6) is 5.75 Å². The summed E-state index contributed by atoms with van der Waals surface area (Å²) in [5.74, 6) is 0.610. The second-order valence-electron chi connectivity index (χ2n) is 9.19. The Bertz CT molecular complexity index is 577. The molecule has 2 nitrogen and oxygen atoms in total. The van der Waals surface area contributed by atoms with E-state index in [0.29, 0.717) is 23.0 Å². The van der Waals surface area contributed by atoms with Gasteiger partial charge in [0.15, 0.2) is 0 Å². The molecule has 0 amide bonds. The van der Waals surface area contributed by atoms with Crippen molar-refractivity contribution in [2.45, 2.75) is 109 Å². The van der Waals surface area contributed by atoms with Crippen LogP contribution in [-0.4, -0.2) is 5.97 Å². The summed E-state index contributed by atoms with van der Waals surface area (Å²) in [7, 11) is 0. The first-order valence-electron chi connectivity index (χ1n) is 11.4. The minimum absolute atomic E-state index is 0.0958. The summed E-state index contributed by atoms with van der Waals surface area (Å²) >= 11 is 0. The van der Waals surface area contributed by atoms with Gasteiger partial charge in [-0.25, -0.2) is 0 Å². The van der Waals surface area contributed by atoms with Crippen LogP contribution in [0.25, 0.3) is 0 Å². The van der Waals surface area contributed by atoms with Gasteiger partial charge in [-0.2, -0.15) is 0 Å². The third-order valence-electron chi connectivity index (χ3n) is 7.40. The zero-order chi connectivity index (χ0) is 19.2. The molecule has 3 aliphatic rings. The van der Waals surface area contributed by atoms with Gasteiger partial charge >= 0.3 is 5.97 Å². The second kappa shape index (κ2) is 9.26. The molecule has 0 atom stereocenters. The van der Waals surface area contributed by atoms with Crippen molar-refractivity contribution >= 4 is 5.97 Å². The van der Waals surface area contributed by atoms with Crippen molar-refractivity contribution in [3.8, 4) is 5.75 Å². The number of rotatable bonds is 10. The van der Waals surface area contributed by atoms with Crippen LogP contribution in [0.1, 0.15) is 109 Å². The number of unbranched alkanes of at least 4 members (excludes halogenated alkanes) is 4. The topological polar surface area (TPSA) is 26.3 Å². The van der Waals surface area contributed by atoms with E-state index in [-0.39, 0.29) is 5.97 Å². The molecule has 1 aromatic carbocycles. The van der Waals surface area contributed by atoms with Crippen LogP contribution in [0.3, 0.4) is 0 Å². The Kier molecular flexibility index (Phi) is 7.00. The zero-order valence-electron chi connectivity index (χ0n) is 17.5. The SMILES string of the molecule is CCCCCC(=O)Oc1ccc(C23CCC(CCCCC)(CC2)CC3)cc1. The minimum Gasteiger partial charge on any atom is -0.427 e. The lowest BCUT2D eigenvalue weighted by molar-refractivity contribution is -0.134. The quantitative estimate of drug-likeness (QED) is 0.244. The van der Waals surface area contributed by atoms with Crippen LogP contribution >= 0.6 is 0 Å². The van der Waals surface area contributed by atoms with Gasteiger partial charge in [0, 0.05) is 6.42 Å². The molecule has 0 spiro atoms. The van der Waals surface area contributed by atoms with Crippen molar-refractivity contribution in [3.63, 3.8) is 0 Å². The lowest BCUT2D eigenvalue weighted by Gasteiger charge is -2.54. The van der Waals surface area contributed by atoms with E-state index in [0.717, 1.165) is 19.3 Å². The lowest BCUT2D eigenvalue weighted by Crippen LogP contribution is -2.44. The summed E-state index contributed by atoms with van der Waals surface area (Å²) in [6.07, 6.45) is 17.5. The molecule has 0 N–H and O–H groups in total. The molecular weight excluding hydrogens is 332 g/mol. The van der Waals surface area contributed by atoms with E-state index in [1.165, 1.54) is 69.8 Å². The molecule has 0 aliphatic heterocycles. The molecule has 0 heterocycles. The van der Waals surface area contributed by atoms with Crippen LogP contribution in [0.2, 0.25) is 0 Å². The van der Waals surface area contributed by atoms with Crippen molar-refractivity contribution < 1.29 is 9.53 Å². The Morgan fingerprint density at radius 2 is 1.44 bits per heavy atom. The van der Waals surface area contributed by atoms with Crippen molar-refractivity contribution in [1.29, 1.82) is 0 Å². The first kappa shape index (κ1) is 20.4. The van der Waals surface area contributed by atoms with Gasteiger partial charge in [-0.15, -0.1) is 0 Å². The summed E-state index contributed by atoms with van der Waals surface area (Å²) in [6.45, 7) is 4.45. The Morgan fingerprint density at radius 3 is 2.04 bits per heavy atom. The molecule has 150 valence electrons. The molecule has 3 fully saturated rings. The molecule has 3 saturated carbocycles. The predicted molar refractivity (Wildman–Crippen MR) is 112 cm³/mol. The van der Waals surface area contributed by atoms with E-state index in [4.69, 9.17) is 4.74 Å². The Balaban J connectivity index is 1.55. The van der Waals surface area contributed by atoms with Gasteiger partial charge in [0.2, 0.25) is 0 Å². The summed E-state index contributed by atoms with van der Waals surface area (Å²) in [6, 6.07) is 8.48. The average molecular weight is 371 g/mol. The van der Waals surface area contributed by atoms with Crippen LogP contribution in [-0.2, 0) is 10.2 Å². The fraction of sp³-hybridized carbons (Fsp3) is 0.720. The van der Waals surface area contributed by atoms with E-state index in [9.17, 15) is 4.79 Å². The fourth-order valence-corrected chi connectivity index (χ4v) is 5.40. The molecule has 3 aliphatic carbocycles. The molecule has 1 aromatic rings. The summed E-state index contributed by atoms with van der Waals surface area (Å²) in [5, 5.41) is 0. The third-order valence-corrected chi connectivity index (χ3v) is 7.40. The summed E-state index contributed by atoms with van der Waals surface area (Å²) in [5.41, 5.74) is 2.51. The van der Waals surface area contributed by atoms with E-state index in [1.54, 1.807) is 0 Å². The molecule has 0 radical (unpaired) electrons. The second-order valence-corrected chi connectivity index (χ2v) is 9.19. The van der Waals surface area contributed by atoms with Crippen LogP contribution < -0.4 is 4.74 Å². The molecule has 4 rings (SSSR count). The van der Waals surface area contributed by atoms with Crippen molar-refractivity contribution in [2.24, 2.45) is 5.41 Å². The molecule has 0 aromatic heterocycles. The van der Waals surface area contributed by atoms with Gasteiger partial charge < -0.3 is 4.74 Å². The molecular formula is C25H38O2. The molecule has 2 heteroatoms. The highest BCUT2D eigenvalue weighted by Gasteiger charge is 2.48. The highest BCUT2D eigenvalue weighted by Crippen LogP contribution is 2.59. The van der Waals surface area contributed by atoms with Crippen molar-refractivity contribution in [1.82, 2.24) is 0 Å². The normalized spacial score (nSPS) is 26.9. The van der Waals surface area contributed by atoms with Crippen LogP contribution in [0.4, 0.5) is 0 Å². The van der Waals surface area contributed by atoms with E-state index in [2.05, 4.69) is 26.0 Å². The first-order chi connectivity index (χ1) is 13.1. The smallest absolute Gasteiger partial charge is 0.311 e. The number of fused-ring (bicyclic) bond motifs is 3. The largest absolute Gasteiger partial charge is 0.427 e. The Morgan fingerprint density at radius 1 is 0.852 bits per heavy atom. The van der Waals surface area contributed by atoms with Crippen LogP contribution in [0, 0.1) is 5.41 Å². The number of hydrogen-bond acceptors (Lipinski definition) is 2. The molecule has 0 unspecified atom stereocenters. The molecule has 27 heavy (non-hydrogen) atoms. The van der Waals surface area contributed by atoms with E-state index >= 15 is 0 Å². The fourth-order valence-electron chi connectivity index (χ4n) is 5.40. The van der Waals surface area contributed by atoms with Gasteiger partial charge in [-0.3, -0.25) is 4.79 Å². The van der Waals surface area contributed by atoms with Gasteiger partial charge in [-0.1, -0.05) is 58.1 Å². The highest BCUT2D eigenvalue weighted by molar-refractivity contribution is 5.72. The maximum absolute atomic E-state index is 11.9. The number of carbonyl (C=O) groups is 1. The standard InChI is InChI=1S/C25H38O2/c1-3-5-7-9-23(26)27-22-12-10-21(11-13-22)25-18-15-24(16-19-25,17-20-25)14-8-6-4-2/h10-13H,3-9,14-20H2,1-2H3. The van der Waals surface area contributed by atoms with Crippen molar-refractivity contribution in [3.05, 3.63) is 29.8 Å². The predicted octanol–water partition coefficient (Wildman–Crippen LogP) is 7.34. The highest BCUT2D eigenvalue weighted by atomic mass is 16.5. The van der Waals surface area contributed by atoms with Crippen molar-refractivity contribution in [2.75, 3.05) is 0 Å². The van der Waals surface area contributed by atoms with Gasteiger partial charge in [-0.05, 0) is 79.9 Å². The number of esters is 1. The summed E-state index contributed by atoms with van der Waals surface area (Å²) < 4.78 is 5.51. The average Bonchev–Trinajstić information content (AvgIpc) is 2.70. The molecule has 2 bridgehead atoms. The van der Waals surface area contributed by atoms with Gasteiger partial charge in [0.25, 0.3) is 0 Å². The maximum atomic E-state index is 11.9. The Labute approximate surface area is 166 Å². The number of hydrogen-bond donors (Lipinski definition) is 0. The van der Waals surface area contributed by atoms with Gasteiger partial charge in [0.1, 0.15) is 5.75 Å². The maximum Gasteiger partial charge on any atom is 0.311 e. The number of ether oxygens (including phenoxy) is 1. The summed E-state index contributed by atoms with van der Waals surface area (Å²) in [4.78, 5) is 11.9. The Hall–Kier alpha value is -1.31.